The molecule has 0 spiro atoms. The molecule has 5 aromatic rings. The van der Waals surface area contributed by atoms with E-state index in [-0.39, 0.29) is 43.2 Å². The van der Waals surface area contributed by atoms with Crippen molar-refractivity contribution in [2.75, 3.05) is 12.4 Å². The average molecular weight is 718 g/mol. The third kappa shape index (κ3) is 9.98. The van der Waals surface area contributed by atoms with E-state index >= 15 is 0 Å². The van der Waals surface area contributed by atoms with E-state index in [1.807, 2.05) is 121 Å². The normalized spacial score (nSPS) is 16.7. The van der Waals surface area contributed by atoms with E-state index in [1.165, 1.54) is 11.8 Å². The standard InChI is InChI=1S/C42H43N3O6S/c1-42(28-51-42)39(47)36(21-29-13-5-2-6-14-29)44-40(48)32(22-33-24-43-35-20-12-11-19-34(33)35)23-38(46)37(27-52-26-31-17-9-4-10-18-31)45-41(49)50-25-30-15-7-3-8-16-30/h2-20,24,32,36-37,43H,21-23,25-28H2,1H3,(H,44,48)(H,45,49)/t32-,36+,37?,42?/m1/s1. The maximum absolute atomic E-state index is 14.3. The number of Topliss-reactive ketones (excluding diaryl/α,β-unsaturated/α-hetero) is 2. The van der Waals surface area contributed by atoms with Crippen molar-refractivity contribution in [3.8, 4) is 0 Å². The van der Waals surface area contributed by atoms with Crippen LogP contribution in [-0.4, -0.2) is 58.6 Å². The third-order valence-corrected chi connectivity index (χ3v) is 10.4. The van der Waals surface area contributed by atoms with E-state index in [4.69, 9.17) is 9.47 Å². The summed E-state index contributed by atoms with van der Waals surface area (Å²) in [5.41, 5.74) is 3.63. The highest BCUT2D eigenvalue weighted by Crippen LogP contribution is 2.30. The van der Waals surface area contributed by atoms with Crippen LogP contribution in [0.3, 0.4) is 0 Å². The number of aromatic amines is 1. The number of fused-ring (bicyclic) bond motifs is 1. The number of aromatic nitrogens is 1. The number of carbonyl (C=O) groups is 4. The lowest BCUT2D eigenvalue weighted by molar-refractivity contribution is -0.134. The van der Waals surface area contributed by atoms with Crippen LogP contribution in [0.1, 0.15) is 35.6 Å². The smallest absolute Gasteiger partial charge is 0.408 e. The molecule has 268 valence electrons. The van der Waals surface area contributed by atoms with Gasteiger partial charge >= 0.3 is 6.09 Å². The molecule has 2 amide bonds. The summed E-state index contributed by atoms with van der Waals surface area (Å²) in [5.74, 6) is -0.857. The topological polar surface area (TPSA) is 130 Å². The molecular formula is C42H43N3O6S. The van der Waals surface area contributed by atoms with Crippen LogP contribution in [0.15, 0.2) is 121 Å². The number of para-hydroxylation sites is 1. The van der Waals surface area contributed by atoms with Gasteiger partial charge in [-0.15, -0.1) is 0 Å². The molecule has 2 unspecified atom stereocenters. The first-order valence-corrected chi connectivity index (χ1v) is 18.6. The van der Waals surface area contributed by atoms with Crippen LogP contribution < -0.4 is 10.6 Å². The molecule has 6 rings (SSSR count). The fourth-order valence-electron chi connectivity index (χ4n) is 6.17. The van der Waals surface area contributed by atoms with Crippen LogP contribution in [-0.2, 0) is 49.1 Å². The molecule has 1 aliphatic rings. The molecule has 1 aliphatic heterocycles. The number of alkyl carbamates (subject to hydrolysis) is 1. The highest BCUT2D eigenvalue weighted by Gasteiger charge is 2.50. The zero-order valence-corrected chi connectivity index (χ0v) is 29.9. The second-order valence-electron chi connectivity index (χ2n) is 13.3. The third-order valence-electron chi connectivity index (χ3n) is 9.26. The SMILES string of the molecule is CC1(C(=O)[C@H](Cc2ccccc2)NC(=O)[C@@H](CC(=O)C(CSCc2ccccc2)NC(=O)OCc2ccccc2)Cc2c[nH]c3ccccc23)CO1. The molecule has 10 heteroatoms. The number of thioether (sulfide) groups is 1. The number of hydrogen-bond acceptors (Lipinski definition) is 7. The molecule has 1 fully saturated rings. The molecule has 2 heterocycles. The van der Waals surface area contributed by atoms with Crippen LogP contribution in [0.5, 0.6) is 0 Å². The number of benzene rings is 4. The van der Waals surface area contributed by atoms with Crippen molar-refractivity contribution in [3.63, 3.8) is 0 Å². The average Bonchev–Trinajstić information content (AvgIpc) is 3.80. The quantitative estimate of drug-likeness (QED) is 0.0872. The summed E-state index contributed by atoms with van der Waals surface area (Å²) in [6, 6.07) is 34.7. The molecule has 3 N–H and O–H groups in total. The first-order valence-electron chi connectivity index (χ1n) is 17.5. The van der Waals surface area contributed by atoms with Gasteiger partial charge in [-0.25, -0.2) is 4.79 Å². The van der Waals surface area contributed by atoms with Gasteiger partial charge in [-0.3, -0.25) is 14.4 Å². The van der Waals surface area contributed by atoms with E-state index in [0.717, 1.165) is 33.2 Å². The van der Waals surface area contributed by atoms with Gasteiger partial charge in [-0.2, -0.15) is 11.8 Å². The van der Waals surface area contributed by atoms with E-state index < -0.39 is 35.6 Å². The minimum Gasteiger partial charge on any atom is -0.445 e. The Morgan fingerprint density at radius 1 is 0.788 bits per heavy atom. The molecule has 0 aliphatic carbocycles. The first-order chi connectivity index (χ1) is 25.3. The van der Waals surface area contributed by atoms with Gasteiger partial charge in [-0.05, 0) is 48.1 Å². The van der Waals surface area contributed by atoms with Crippen molar-refractivity contribution >= 4 is 46.2 Å². The fourth-order valence-corrected chi connectivity index (χ4v) is 7.22. The molecule has 9 nitrogen and oxygen atoms in total. The molecule has 52 heavy (non-hydrogen) atoms. The van der Waals surface area contributed by atoms with Crippen molar-refractivity contribution in [1.29, 1.82) is 0 Å². The molecule has 0 saturated carbocycles. The predicted molar refractivity (Wildman–Crippen MR) is 203 cm³/mol. The molecule has 1 aromatic heterocycles. The minimum atomic E-state index is -0.958. The summed E-state index contributed by atoms with van der Waals surface area (Å²) in [5, 5.41) is 6.74. The number of epoxide rings is 1. The van der Waals surface area contributed by atoms with Crippen molar-refractivity contribution < 1.29 is 28.7 Å². The van der Waals surface area contributed by atoms with Crippen molar-refractivity contribution in [3.05, 3.63) is 144 Å². The van der Waals surface area contributed by atoms with Crippen LogP contribution in [0, 0.1) is 5.92 Å². The van der Waals surface area contributed by atoms with Gasteiger partial charge in [0.15, 0.2) is 11.6 Å². The summed E-state index contributed by atoms with van der Waals surface area (Å²) in [4.78, 5) is 58.5. The maximum Gasteiger partial charge on any atom is 0.408 e. The number of ketones is 2. The fraction of sp³-hybridized carbons (Fsp3) is 0.286. The number of hydrogen-bond donors (Lipinski definition) is 3. The maximum atomic E-state index is 14.3. The van der Waals surface area contributed by atoms with Crippen molar-refractivity contribution in [2.45, 2.75) is 56.2 Å². The largest absolute Gasteiger partial charge is 0.445 e. The van der Waals surface area contributed by atoms with Gasteiger partial charge in [0.1, 0.15) is 12.2 Å². The van der Waals surface area contributed by atoms with E-state index in [2.05, 4.69) is 15.6 Å². The Morgan fingerprint density at radius 2 is 1.40 bits per heavy atom. The van der Waals surface area contributed by atoms with Crippen LogP contribution >= 0.6 is 11.8 Å². The Balaban J connectivity index is 1.22. The monoisotopic (exact) mass is 717 g/mol. The number of ether oxygens (including phenoxy) is 2. The van der Waals surface area contributed by atoms with Gasteiger partial charge in [0.25, 0.3) is 0 Å². The summed E-state index contributed by atoms with van der Waals surface area (Å²) in [6.07, 6.45) is 1.50. The van der Waals surface area contributed by atoms with Gasteiger partial charge in [0, 0.05) is 40.9 Å². The molecule has 0 radical (unpaired) electrons. The van der Waals surface area contributed by atoms with E-state index in [0.29, 0.717) is 12.4 Å². The lowest BCUT2D eigenvalue weighted by Gasteiger charge is -2.25. The zero-order chi connectivity index (χ0) is 36.3. The van der Waals surface area contributed by atoms with E-state index in [1.54, 1.807) is 6.92 Å². The molecule has 4 atom stereocenters. The van der Waals surface area contributed by atoms with Crippen LogP contribution in [0.25, 0.3) is 10.9 Å². The minimum absolute atomic E-state index is 0.0514. The highest BCUT2D eigenvalue weighted by atomic mass is 32.2. The van der Waals surface area contributed by atoms with Gasteiger partial charge in [-0.1, -0.05) is 109 Å². The lowest BCUT2D eigenvalue weighted by atomic mass is 9.89. The first kappa shape index (κ1) is 36.6. The van der Waals surface area contributed by atoms with E-state index in [9.17, 15) is 19.2 Å². The highest BCUT2D eigenvalue weighted by molar-refractivity contribution is 7.98. The Morgan fingerprint density at radius 3 is 2.08 bits per heavy atom. The Hall–Kier alpha value is -5.19. The van der Waals surface area contributed by atoms with Crippen LogP contribution in [0.2, 0.25) is 0 Å². The van der Waals surface area contributed by atoms with Gasteiger partial charge < -0.3 is 25.1 Å². The van der Waals surface area contributed by atoms with Crippen molar-refractivity contribution in [2.24, 2.45) is 5.92 Å². The zero-order valence-electron chi connectivity index (χ0n) is 29.1. The molecule has 0 bridgehead atoms. The number of H-pyrrole nitrogens is 1. The number of nitrogens with one attached hydrogen (secondary N) is 3. The molecular weight excluding hydrogens is 675 g/mol. The number of rotatable bonds is 18. The second kappa shape index (κ2) is 17.4. The summed E-state index contributed by atoms with van der Waals surface area (Å²) in [6.45, 7) is 2.07. The van der Waals surface area contributed by atoms with Gasteiger partial charge in [0.2, 0.25) is 5.91 Å². The summed E-state index contributed by atoms with van der Waals surface area (Å²) in [7, 11) is 0. The lowest BCUT2D eigenvalue weighted by Crippen LogP contribution is -2.50. The van der Waals surface area contributed by atoms with Gasteiger partial charge in [0.05, 0.1) is 18.7 Å². The second-order valence-corrected chi connectivity index (χ2v) is 14.4. The number of carbonyl (C=O) groups excluding carboxylic acids is 4. The number of amides is 2. The Bertz CT molecular complexity index is 1960. The van der Waals surface area contributed by atoms with Crippen molar-refractivity contribution in [1.82, 2.24) is 15.6 Å². The predicted octanol–water partition coefficient (Wildman–Crippen LogP) is 6.60. The Labute approximate surface area is 307 Å². The molecule has 4 aromatic carbocycles. The Kier molecular flexibility index (Phi) is 12.2. The van der Waals surface area contributed by atoms with Crippen LogP contribution in [0.4, 0.5) is 4.79 Å². The summed E-state index contributed by atoms with van der Waals surface area (Å²) < 4.78 is 11.0. The summed E-state index contributed by atoms with van der Waals surface area (Å²) >= 11 is 1.51. The molecule has 1 saturated heterocycles.